The number of hydrogen-bond donors (Lipinski definition) is 3. The van der Waals surface area contributed by atoms with Gasteiger partial charge in [-0.05, 0) is 17.7 Å². The third-order valence-corrected chi connectivity index (χ3v) is 2.65. The van der Waals surface area contributed by atoms with Gasteiger partial charge < -0.3 is 16.0 Å². The number of nitrogens with one attached hydrogen (secondary N) is 2. The minimum Gasteiger partial charge on any atom is -0.382 e. The molecule has 19 heavy (non-hydrogen) atoms. The normalized spacial score (nSPS) is 10.8. The largest absolute Gasteiger partial charge is 0.382 e. The molecule has 3 rings (SSSR count). The first-order chi connectivity index (χ1) is 9.22. The van der Waals surface area contributed by atoms with E-state index in [1.54, 1.807) is 6.07 Å². The minimum atomic E-state index is -0.274. The lowest BCUT2D eigenvalue weighted by atomic mass is 10.2. The molecular formula is C12H11FN6. The van der Waals surface area contributed by atoms with Crippen molar-refractivity contribution in [2.75, 3.05) is 11.1 Å². The van der Waals surface area contributed by atoms with Gasteiger partial charge in [0, 0.05) is 6.54 Å². The van der Waals surface area contributed by atoms with Crippen molar-refractivity contribution in [3.63, 3.8) is 0 Å². The van der Waals surface area contributed by atoms with Gasteiger partial charge in [0.1, 0.15) is 11.3 Å². The van der Waals surface area contributed by atoms with Crippen LogP contribution in [0.15, 0.2) is 30.6 Å². The van der Waals surface area contributed by atoms with Crippen LogP contribution in [0.25, 0.3) is 11.2 Å². The van der Waals surface area contributed by atoms with E-state index >= 15 is 0 Å². The summed E-state index contributed by atoms with van der Waals surface area (Å²) in [5.41, 5.74) is 7.66. The number of nitrogens with two attached hydrogens (primary N) is 1. The summed E-state index contributed by atoms with van der Waals surface area (Å²) in [6.07, 6.45) is 1.51. The average Bonchev–Trinajstić information content (AvgIpc) is 2.85. The van der Waals surface area contributed by atoms with Gasteiger partial charge in [-0.1, -0.05) is 12.1 Å². The number of nitrogen functional groups attached to an aromatic ring is 1. The summed E-state index contributed by atoms with van der Waals surface area (Å²) in [6.45, 7) is 0.414. The van der Waals surface area contributed by atoms with Gasteiger partial charge in [0.2, 0.25) is 5.95 Å². The second-order valence-electron chi connectivity index (χ2n) is 4.02. The predicted octanol–water partition coefficient (Wildman–Crippen LogP) is 1.69. The molecule has 0 spiro atoms. The van der Waals surface area contributed by atoms with Crippen molar-refractivity contribution in [3.8, 4) is 0 Å². The van der Waals surface area contributed by atoms with Crippen molar-refractivity contribution >= 4 is 22.9 Å². The number of nitrogens with zero attached hydrogens (tertiary/aromatic N) is 3. The second kappa shape index (κ2) is 4.52. The molecule has 4 N–H and O–H groups in total. The monoisotopic (exact) mass is 258 g/mol. The SMILES string of the molecule is Nc1nc(NCc2cccc(F)c2)nc2[nH]cnc12. The Labute approximate surface area is 107 Å². The fourth-order valence-electron chi connectivity index (χ4n) is 1.77. The van der Waals surface area contributed by atoms with Gasteiger partial charge in [-0.15, -0.1) is 0 Å². The molecule has 0 radical (unpaired) electrons. The quantitative estimate of drug-likeness (QED) is 0.664. The second-order valence-corrected chi connectivity index (χ2v) is 4.02. The zero-order valence-electron chi connectivity index (χ0n) is 9.89. The number of halogens is 1. The molecule has 96 valence electrons. The molecule has 0 unspecified atom stereocenters. The number of aromatic nitrogens is 4. The first-order valence-electron chi connectivity index (χ1n) is 5.67. The highest BCUT2D eigenvalue weighted by Gasteiger charge is 2.07. The Bertz CT molecular complexity index is 723. The van der Waals surface area contributed by atoms with Crippen LogP contribution in [-0.4, -0.2) is 19.9 Å². The van der Waals surface area contributed by atoms with E-state index in [2.05, 4.69) is 25.3 Å². The Kier molecular flexibility index (Phi) is 2.71. The Morgan fingerprint density at radius 3 is 3.05 bits per heavy atom. The van der Waals surface area contributed by atoms with Gasteiger partial charge >= 0.3 is 0 Å². The molecule has 3 aromatic rings. The van der Waals surface area contributed by atoms with Crippen LogP contribution in [-0.2, 0) is 6.54 Å². The lowest BCUT2D eigenvalue weighted by molar-refractivity contribution is 0.626. The van der Waals surface area contributed by atoms with Crippen molar-refractivity contribution < 1.29 is 4.39 Å². The van der Waals surface area contributed by atoms with Crippen molar-refractivity contribution in [2.24, 2.45) is 0 Å². The fourth-order valence-corrected chi connectivity index (χ4v) is 1.77. The summed E-state index contributed by atoms with van der Waals surface area (Å²) in [5, 5.41) is 2.99. The van der Waals surface area contributed by atoms with E-state index in [1.165, 1.54) is 18.5 Å². The van der Waals surface area contributed by atoms with E-state index in [0.29, 0.717) is 29.5 Å². The first-order valence-corrected chi connectivity index (χ1v) is 5.67. The number of H-pyrrole nitrogens is 1. The molecular weight excluding hydrogens is 247 g/mol. The van der Waals surface area contributed by atoms with Crippen LogP contribution in [0.3, 0.4) is 0 Å². The highest BCUT2D eigenvalue weighted by atomic mass is 19.1. The molecule has 0 amide bonds. The molecule has 0 atom stereocenters. The zero-order valence-corrected chi connectivity index (χ0v) is 9.89. The van der Waals surface area contributed by atoms with Gasteiger partial charge in [-0.3, -0.25) is 0 Å². The highest BCUT2D eigenvalue weighted by Crippen LogP contribution is 2.15. The summed E-state index contributed by atoms with van der Waals surface area (Å²) in [4.78, 5) is 15.2. The Hall–Kier alpha value is -2.70. The molecule has 2 heterocycles. The summed E-state index contributed by atoms with van der Waals surface area (Å²) in [7, 11) is 0. The standard InChI is InChI=1S/C12H11FN6/c13-8-3-1-2-7(4-8)5-15-12-18-10(14)9-11(19-12)17-6-16-9/h1-4,6H,5H2,(H4,14,15,16,17,18,19). The predicted molar refractivity (Wildman–Crippen MR) is 69.8 cm³/mol. The number of fused-ring (bicyclic) bond motifs is 1. The molecule has 0 aliphatic carbocycles. The van der Waals surface area contributed by atoms with Crippen LogP contribution in [0.5, 0.6) is 0 Å². The molecule has 0 saturated carbocycles. The van der Waals surface area contributed by atoms with Gasteiger partial charge in [-0.25, -0.2) is 9.37 Å². The molecule has 0 bridgehead atoms. The van der Waals surface area contributed by atoms with E-state index < -0.39 is 0 Å². The van der Waals surface area contributed by atoms with Crippen molar-refractivity contribution in [1.29, 1.82) is 0 Å². The summed E-state index contributed by atoms with van der Waals surface area (Å²) in [6, 6.07) is 6.31. The molecule has 0 aliphatic rings. The molecule has 0 fully saturated rings. The number of benzene rings is 1. The third-order valence-electron chi connectivity index (χ3n) is 2.65. The van der Waals surface area contributed by atoms with Gasteiger partial charge in [0.05, 0.1) is 6.33 Å². The first kappa shape index (κ1) is 11.4. The van der Waals surface area contributed by atoms with Crippen LogP contribution >= 0.6 is 0 Å². The van der Waals surface area contributed by atoms with Gasteiger partial charge in [-0.2, -0.15) is 9.97 Å². The number of hydrogen-bond acceptors (Lipinski definition) is 5. The fraction of sp³-hybridized carbons (Fsp3) is 0.0833. The zero-order chi connectivity index (χ0) is 13.2. The smallest absolute Gasteiger partial charge is 0.227 e. The van der Waals surface area contributed by atoms with Crippen molar-refractivity contribution in [1.82, 2.24) is 19.9 Å². The maximum atomic E-state index is 13.0. The van der Waals surface area contributed by atoms with Crippen molar-refractivity contribution in [3.05, 3.63) is 42.0 Å². The highest BCUT2D eigenvalue weighted by molar-refractivity contribution is 5.82. The Balaban J connectivity index is 1.81. The molecule has 2 aromatic heterocycles. The summed E-state index contributed by atoms with van der Waals surface area (Å²) < 4.78 is 13.0. The Morgan fingerprint density at radius 2 is 2.21 bits per heavy atom. The molecule has 0 aliphatic heterocycles. The minimum absolute atomic E-state index is 0.274. The number of aromatic amines is 1. The van der Waals surface area contributed by atoms with Crippen LogP contribution in [0.4, 0.5) is 16.2 Å². The van der Waals surface area contributed by atoms with Gasteiger partial charge in [0.25, 0.3) is 0 Å². The molecule has 7 heteroatoms. The average molecular weight is 258 g/mol. The van der Waals surface area contributed by atoms with Crippen molar-refractivity contribution in [2.45, 2.75) is 6.54 Å². The molecule has 6 nitrogen and oxygen atoms in total. The van der Waals surface area contributed by atoms with E-state index in [-0.39, 0.29) is 5.82 Å². The molecule has 1 aromatic carbocycles. The Morgan fingerprint density at radius 1 is 1.32 bits per heavy atom. The molecule has 0 saturated heterocycles. The topological polar surface area (TPSA) is 92.5 Å². The van der Waals surface area contributed by atoms with E-state index in [9.17, 15) is 4.39 Å². The number of imidazole rings is 1. The van der Waals surface area contributed by atoms with E-state index in [0.717, 1.165) is 5.56 Å². The van der Waals surface area contributed by atoms with Crippen LogP contribution in [0.1, 0.15) is 5.56 Å². The van der Waals surface area contributed by atoms with Crippen LogP contribution < -0.4 is 11.1 Å². The van der Waals surface area contributed by atoms with E-state index in [1.807, 2.05) is 6.07 Å². The summed E-state index contributed by atoms with van der Waals surface area (Å²) >= 11 is 0. The number of anilines is 2. The lowest BCUT2D eigenvalue weighted by Crippen LogP contribution is -2.06. The lowest BCUT2D eigenvalue weighted by Gasteiger charge is -2.05. The maximum absolute atomic E-state index is 13.0. The van der Waals surface area contributed by atoms with Crippen LogP contribution in [0.2, 0.25) is 0 Å². The van der Waals surface area contributed by atoms with E-state index in [4.69, 9.17) is 5.73 Å². The third kappa shape index (κ3) is 2.30. The van der Waals surface area contributed by atoms with Crippen LogP contribution in [0, 0.1) is 5.82 Å². The maximum Gasteiger partial charge on any atom is 0.227 e. The van der Waals surface area contributed by atoms with Gasteiger partial charge in [0.15, 0.2) is 11.5 Å². The number of rotatable bonds is 3. The summed E-state index contributed by atoms with van der Waals surface area (Å²) in [5.74, 6) is 0.398.